The van der Waals surface area contributed by atoms with E-state index >= 15 is 0 Å². The molecule has 0 atom stereocenters. The van der Waals surface area contributed by atoms with E-state index in [1.807, 2.05) is 49.5 Å². The molecule has 0 heterocycles. The second-order valence-corrected chi connectivity index (χ2v) is 5.78. The summed E-state index contributed by atoms with van der Waals surface area (Å²) in [6, 6.07) is 18.2. The summed E-state index contributed by atoms with van der Waals surface area (Å²) in [7, 11) is 1.93. The van der Waals surface area contributed by atoms with Crippen molar-refractivity contribution in [3.05, 3.63) is 65.7 Å². The molecule has 0 bridgehead atoms. The van der Waals surface area contributed by atoms with Gasteiger partial charge in [-0.2, -0.15) is 0 Å². The second kappa shape index (κ2) is 8.49. The number of nitrogens with one attached hydrogen (secondary N) is 2. The fourth-order valence-corrected chi connectivity index (χ4v) is 2.76. The van der Waals surface area contributed by atoms with Gasteiger partial charge in [-0.1, -0.05) is 42.5 Å². The molecule has 0 radical (unpaired) electrons. The molecular formula is C17H20N2OS. The SMILES string of the molecule is CNCc1cccc(SCC(=O)NCc2ccccc2)c1. The highest BCUT2D eigenvalue weighted by molar-refractivity contribution is 8.00. The Labute approximate surface area is 130 Å². The normalized spacial score (nSPS) is 10.3. The van der Waals surface area contributed by atoms with Gasteiger partial charge >= 0.3 is 0 Å². The number of carbonyl (C=O) groups is 1. The van der Waals surface area contributed by atoms with E-state index in [-0.39, 0.29) is 5.91 Å². The number of benzene rings is 2. The summed E-state index contributed by atoms with van der Waals surface area (Å²) >= 11 is 1.56. The molecule has 2 aromatic rings. The first-order valence-electron chi connectivity index (χ1n) is 6.95. The van der Waals surface area contributed by atoms with Gasteiger partial charge in [0, 0.05) is 18.0 Å². The largest absolute Gasteiger partial charge is 0.351 e. The Morgan fingerprint density at radius 1 is 1.00 bits per heavy atom. The van der Waals surface area contributed by atoms with Crippen molar-refractivity contribution in [1.29, 1.82) is 0 Å². The number of hydrogen-bond donors (Lipinski definition) is 2. The van der Waals surface area contributed by atoms with Crippen molar-refractivity contribution in [2.75, 3.05) is 12.8 Å². The van der Waals surface area contributed by atoms with Crippen molar-refractivity contribution in [3.63, 3.8) is 0 Å². The van der Waals surface area contributed by atoms with Crippen molar-refractivity contribution in [2.45, 2.75) is 18.0 Å². The zero-order valence-electron chi connectivity index (χ0n) is 12.1. The van der Waals surface area contributed by atoms with Crippen LogP contribution in [0, 0.1) is 0 Å². The highest BCUT2D eigenvalue weighted by atomic mass is 32.2. The van der Waals surface area contributed by atoms with Crippen molar-refractivity contribution in [1.82, 2.24) is 10.6 Å². The van der Waals surface area contributed by atoms with Crippen LogP contribution in [-0.2, 0) is 17.9 Å². The predicted molar refractivity (Wildman–Crippen MR) is 88.2 cm³/mol. The topological polar surface area (TPSA) is 41.1 Å². The lowest BCUT2D eigenvalue weighted by Gasteiger charge is -2.06. The maximum absolute atomic E-state index is 11.9. The Morgan fingerprint density at radius 3 is 2.52 bits per heavy atom. The second-order valence-electron chi connectivity index (χ2n) is 4.73. The summed E-state index contributed by atoms with van der Waals surface area (Å²) in [5.74, 6) is 0.499. The van der Waals surface area contributed by atoms with E-state index < -0.39 is 0 Å². The summed E-state index contributed by atoms with van der Waals surface area (Å²) in [5, 5.41) is 6.06. The maximum atomic E-state index is 11.9. The van der Waals surface area contributed by atoms with Crippen LogP contribution < -0.4 is 10.6 Å². The van der Waals surface area contributed by atoms with Crippen LogP contribution in [-0.4, -0.2) is 18.7 Å². The predicted octanol–water partition coefficient (Wildman–Crippen LogP) is 2.81. The van der Waals surface area contributed by atoms with Gasteiger partial charge < -0.3 is 10.6 Å². The Hall–Kier alpha value is -1.78. The number of hydrogen-bond acceptors (Lipinski definition) is 3. The van der Waals surface area contributed by atoms with E-state index in [9.17, 15) is 4.79 Å². The first kappa shape index (κ1) is 15.6. The molecule has 0 saturated carbocycles. The summed E-state index contributed by atoms with van der Waals surface area (Å²) in [6.07, 6.45) is 0. The van der Waals surface area contributed by atoms with Gasteiger partial charge in [-0.15, -0.1) is 11.8 Å². The van der Waals surface area contributed by atoms with Gasteiger partial charge in [0.2, 0.25) is 5.91 Å². The molecule has 0 aliphatic heterocycles. The van der Waals surface area contributed by atoms with Crippen LogP contribution in [0.25, 0.3) is 0 Å². The van der Waals surface area contributed by atoms with Crippen LogP contribution in [0.2, 0.25) is 0 Å². The lowest BCUT2D eigenvalue weighted by atomic mass is 10.2. The van der Waals surface area contributed by atoms with Crippen molar-refractivity contribution < 1.29 is 4.79 Å². The zero-order valence-corrected chi connectivity index (χ0v) is 13.0. The number of carbonyl (C=O) groups excluding carboxylic acids is 1. The average Bonchev–Trinajstić information content (AvgIpc) is 2.53. The zero-order chi connectivity index (χ0) is 14.9. The average molecular weight is 300 g/mol. The maximum Gasteiger partial charge on any atom is 0.230 e. The molecule has 0 fully saturated rings. The molecule has 3 nitrogen and oxygen atoms in total. The van der Waals surface area contributed by atoms with Crippen molar-refractivity contribution in [2.24, 2.45) is 0 Å². The number of amides is 1. The van der Waals surface area contributed by atoms with E-state index in [1.54, 1.807) is 11.8 Å². The molecule has 1 amide bonds. The lowest BCUT2D eigenvalue weighted by molar-refractivity contribution is -0.118. The first-order valence-corrected chi connectivity index (χ1v) is 7.93. The molecule has 2 aromatic carbocycles. The molecule has 0 spiro atoms. The molecule has 0 unspecified atom stereocenters. The minimum absolute atomic E-state index is 0.0582. The third-order valence-electron chi connectivity index (χ3n) is 2.98. The molecule has 4 heteroatoms. The summed E-state index contributed by atoms with van der Waals surface area (Å²) in [5.41, 5.74) is 2.35. The molecule has 0 saturated heterocycles. The number of rotatable bonds is 7. The number of thioether (sulfide) groups is 1. The van der Waals surface area contributed by atoms with Crippen LogP contribution in [0.5, 0.6) is 0 Å². The smallest absolute Gasteiger partial charge is 0.230 e. The van der Waals surface area contributed by atoms with Gasteiger partial charge in [0.15, 0.2) is 0 Å². The standard InChI is InChI=1S/C17H20N2OS/c1-18-11-15-8-5-9-16(10-15)21-13-17(20)19-12-14-6-3-2-4-7-14/h2-10,18H,11-13H2,1H3,(H,19,20). The van der Waals surface area contributed by atoms with Crippen molar-refractivity contribution >= 4 is 17.7 Å². The molecule has 21 heavy (non-hydrogen) atoms. The summed E-state index contributed by atoms with van der Waals surface area (Å²) in [4.78, 5) is 13.0. The van der Waals surface area contributed by atoms with Gasteiger partial charge in [0.05, 0.1) is 5.75 Å². The Balaban J connectivity index is 1.77. The molecule has 0 aromatic heterocycles. The summed E-state index contributed by atoms with van der Waals surface area (Å²) in [6.45, 7) is 1.43. The van der Waals surface area contributed by atoms with E-state index in [2.05, 4.69) is 22.8 Å². The van der Waals surface area contributed by atoms with Crippen LogP contribution in [0.1, 0.15) is 11.1 Å². The van der Waals surface area contributed by atoms with Crippen LogP contribution in [0.3, 0.4) is 0 Å². The lowest BCUT2D eigenvalue weighted by Crippen LogP contribution is -2.24. The molecule has 0 aliphatic carbocycles. The van der Waals surface area contributed by atoms with Gasteiger partial charge in [-0.25, -0.2) is 0 Å². The van der Waals surface area contributed by atoms with Crippen LogP contribution in [0.15, 0.2) is 59.5 Å². The van der Waals surface area contributed by atoms with Crippen molar-refractivity contribution in [3.8, 4) is 0 Å². The van der Waals surface area contributed by atoms with Crippen LogP contribution in [0.4, 0.5) is 0 Å². The molecule has 110 valence electrons. The van der Waals surface area contributed by atoms with E-state index in [1.165, 1.54) is 5.56 Å². The van der Waals surface area contributed by atoms with E-state index in [0.29, 0.717) is 12.3 Å². The van der Waals surface area contributed by atoms with Gasteiger partial charge in [0.1, 0.15) is 0 Å². The fourth-order valence-electron chi connectivity index (χ4n) is 1.95. The van der Waals surface area contributed by atoms with Gasteiger partial charge in [-0.05, 0) is 30.3 Å². The first-order chi connectivity index (χ1) is 10.3. The molecule has 2 rings (SSSR count). The van der Waals surface area contributed by atoms with E-state index in [0.717, 1.165) is 17.0 Å². The highest BCUT2D eigenvalue weighted by Crippen LogP contribution is 2.18. The van der Waals surface area contributed by atoms with Gasteiger partial charge in [-0.3, -0.25) is 4.79 Å². The highest BCUT2D eigenvalue weighted by Gasteiger charge is 2.03. The molecule has 2 N–H and O–H groups in total. The molecule has 0 aliphatic rings. The molecular weight excluding hydrogens is 280 g/mol. The minimum Gasteiger partial charge on any atom is -0.351 e. The third kappa shape index (κ3) is 5.61. The summed E-state index contributed by atoms with van der Waals surface area (Å²) < 4.78 is 0. The van der Waals surface area contributed by atoms with E-state index in [4.69, 9.17) is 0 Å². The minimum atomic E-state index is 0.0582. The van der Waals surface area contributed by atoms with Crippen LogP contribution >= 0.6 is 11.8 Å². The fraction of sp³-hybridized carbons (Fsp3) is 0.235. The Kier molecular flexibility index (Phi) is 6.31. The monoisotopic (exact) mass is 300 g/mol. The quantitative estimate of drug-likeness (QED) is 0.773. The van der Waals surface area contributed by atoms with Gasteiger partial charge in [0.25, 0.3) is 0 Å². The Bertz CT molecular complexity index is 572. The third-order valence-corrected chi connectivity index (χ3v) is 3.98. The Morgan fingerprint density at radius 2 is 1.76 bits per heavy atom.